The highest BCUT2D eigenvalue weighted by Gasteiger charge is 2.02. The van der Waals surface area contributed by atoms with Crippen LogP contribution in [0.5, 0.6) is 0 Å². The molecule has 0 radical (unpaired) electrons. The molecule has 0 nitrogen and oxygen atoms in total. The van der Waals surface area contributed by atoms with E-state index in [2.05, 4.69) is 54.6 Å². The first-order valence-electron chi connectivity index (χ1n) is 5.79. The first-order chi connectivity index (χ1) is 8.42. The second-order valence-corrected chi connectivity index (χ2v) is 4.21. The lowest BCUT2D eigenvalue weighted by Gasteiger charge is -2.08. The van der Waals surface area contributed by atoms with Crippen LogP contribution in [0.2, 0.25) is 0 Å². The summed E-state index contributed by atoms with van der Waals surface area (Å²) in [5.74, 6) is 0.656. The molecule has 0 aromatic heterocycles. The number of halogens is 1. The van der Waals surface area contributed by atoms with E-state index in [9.17, 15) is 0 Å². The molecule has 17 heavy (non-hydrogen) atoms. The molecule has 0 saturated heterocycles. The highest BCUT2D eigenvalue weighted by molar-refractivity contribution is 6.18. The van der Waals surface area contributed by atoms with Crippen molar-refractivity contribution in [2.24, 2.45) is 0 Å². The Labute approximate surface area is 108 Å². The minimum Gasteiger partial charge on any atom is -0.126 e. The molecule has 0 aliphatic carbocycles. The zero-order chi connectivity index (χ0) is 11.9. The fraction of sp³-hybridized carbons (Fsp3) is 0.125. The van der Waals surface area contributed by atoms with Crippen LogP contribution in [0.3, 0.4) is 0 Å². The molecule has 2 aromatic rings. The SMILES string of the molecule is ClCCC=C(c1ccccc1)c1ccccc1. The second-order valence-electron chi connectivity index (χ2n) is 3.83. The van der Waals surface area contributed by atoms with Gasteiger partial charge in [-0.3, -0.25) is 0 Å². The van der Waals surface area contributed by atoms with Gasteiger partial charge in [0.1, 0.15) is 0 Å². The van der Waals surface area contributed by atoms with Crippen molar-refractivity contribution >= 4 is 17.2 Å². The van der Waals surface area contributed by atoms with Crippen molar-refractivity contribution in [3.8, 4) is 0 Å². The van der Waals surface area contributed by atoms with Crippen LogP contribution >= 0.6 is 11.6 Å². The summed E-state index contributed by atoms with van der Waals surface area (Å²) in [5, 5.41) is 0. The molecule has 86 valence electrons. The topological polar surface area (TPSA) is 0 Å². The third-order valence-corrected chi connectivity index (χ3v) is 2.85. The maximum absolute atomic E-state index is 5.78. The van der Waals surface area contributed by atoms with Crippen molar-refractivity contribution in [3.05, 3.63) is 77.9 Å². The average molecular weight is 243 g/mol. The molecule has 0 bridgehead atoms. The number of alkyl halides is 1. The molecule has 0 N–H and O–H groups in total. The molecule has 0 aliphatic rings. The molecule has 0 heterocycles. The van der Waals surface area contributed by atoms with Gasteiger partial charge in [-0.1, -0.05) is 66.7 Å². The smallest absolute Gasteiger partial charge is 0.0258 e. The summed E-state index contributed by atoms with van der Waals surface area (Å²) in [7, 11) is 0. The van der Waals surface area contributed by atoms with Gasteiger partial charge in [0.15, 0.2) is 0 Å². The molecule has 0 saturated carbocycles. The minimum atomic E-state index is 0.656. The van der Waals surface area contributed by atoms with Crippen LogP contribution in [0.15, 0.2) is 66.7 Å². The van der Waals surface area contributed by atoms with Gasteiger partial charge in [0.2, 0.25) is 0 Å². The molecule has 0 spiro atoms. The molecular weight excluding hydrogens is 228 g/mol. The summed E-state index contributed by atoms with van der Waals surface area (Å²) in [6, 6.07) is 20.8. The van der Waals surface area contributed by atoms with Crippen LogP contribution in [-0.4, -0.2) is 5.88 Å². The monoisotopic (exact) mass is 242 g/mol. The summed E-state index contributed by atoms with van der Waals surface area (Å²) in [4.78, 5) is 0. The molecule has 1 heteroatoms. The number of allylic oxidation sites excluding steroid dienone is 1. The van der Waals surface area contributed by atoms with E-state index >= 15 is 0 Å². The fourth-order valence-corrected chi connectivity index (χ4v) is 1.95. The van der Waals surface area contributed by atoms with E-state index in [0.29, 0.717) is 5.88 Å². The molecule has 2 rings (SSSR count). The Hall–Kier alpha value is -1.53. The van der Waals surface area contributed by atoms with Crippen LogP contribution in [0.4, 0.5) is 0 Å². The molecular formula is C16H15Cl. The second kappa shape index (κ2) is 6.27. The zero-order valence-electron chi connectivity index (χ0n) is 9.64. The number of rotatable bonds is 4. The maximum atomic E-state index is 5.78. The van der Waals surface area contributed by atoms with E-state index in [1.165, 1.54) is 16.7 Å². The molecule has 0 aliphatic heterocycles. The standard InChI is InChI=1S/C16H15Cl/c17-13-7-12-16(14-8-3-1-4-9-14)15-10-5-2-6-11-15/h1-6,8-12H,7,13H2. The van der Waals surface area contributed by atoms with Gasteiger partial charge in [0.05, 0.1) is 0 Å². The van der Waals surface area contributed by atoms with E-state index in [4.69, 9.17) is 11.6 Å². The van der Waals surface area contributed by atoms with Crippen LogP contribution in [0.1, 0.15) is 17.5 Å². The van der Waals surface area contributed by atoms with Crippen molar-refractivity contribution < 1.29 is 0 Å². The Balaban J connectivity index is 2.40. The Morgan fingerprint density at radius 2 is 1.29 bits per heavy atom. The first-order valence-corrected chi connectivity index (χ1v) is 6.32. The van der Waals surface area contributed by atoms with Gasteiger partial charge in [0.25, 0.3) is 0 Å². The van der Waals surface area contributed by atoms with Crippen molar-refractivity contribution in [1.29, 1.82) is 0 Å². The van der Waals surface area contributed by atoms with Gasteiger partial charge in [-0.15, -0.1) is 11.6 Å². The third kappa shape index (κ3) is 3.21. The van der Waals surface area contributed by atoms with Gasteiger partial charge in [-0.25, -0.2) is 0 Å². The van der Waals surface area contributed by atoms with E-state index in [-0.39, 0.29) is 0 Å². The lowest BCUT2D eigenvalue weighted by Crippen LogP contribution is -1.88. The predicted octanol–water partition coefficient (Wildman–Crippen LogP) is 4.75. The summed E-state index contributed by atoms with van der Waals surface area (Å²) < 4.78 is 0. The van der Waals surface area contributed by atoms with Gasteiger partial charge in [-0.05, 0) is 23.1 Å². The van der Waals surface area contributed by atoms with E-state index in [0.717, 1.165) is 6.42 Å². The highest BCUT2D eigenvalue weighted by Crippen LogP contribution is 2.23. The zero-order valence-corrected chi connectivity index (χ0v) is 10.4. The predicted molar refractivity (Wildman–Crippen MR) is 75.3 cm³/mol. The van der Waals surface area contributed by atoms with Crippen LogP contribution in [-0.2, 0) is 0 Å². The largest absolute Gasteiger partial charge is 0.126 e. The van der Waals surface area contributed by atoms with Crippen LogP contribution in [0, 0.1) is 0 Å². The van der Waals surface area contributed by atoms with Gasteiger partial charge < -0.3 is 0 Å². The third-order valence-electron chi connectivity index (χ3n) is 2.63. The van der Waals surface area contributed by atoms with Crippen molar-refractivity contribution in [3.63, 3.8) is 0 Å². The summed E-state index contributed by atoms with van der Waals surface area (Å²) in [6.07, 6.45) is 3.10. The summed E-state index contributed by atoms with van der Waals surface area (Å²) in [5.41, 5.74) is 3.74. The Bertz CT molecular complexity index is 430. The normalized spacial score (nSPS) is 9.94. The number of hydrogen-bond donors (Lipinski definition) is 0. The van der Waals surface area contributed by atoms with Crippen molar-refractivity contribution in [2.45, 2.75) is 6.42 Å². The lowest BCUT2D eigenvalue weighted by molar-refractivity contribution is 1.23. The molecule has 0 atom stereocenters. The Kier molecular flexibility index (Phi) is 4.40. The quantitative estimate of drug-likeness (QED) is 0.679. The molecule has 0 unspecified atom stereocenters. The summed E-state index contributed by atoms with van der Waals surface area (Å²) in [6.45, 7) is 0. The number of benzene rings is 2. The van der Waals surface area contributed by atoms with E-state index < -0.39 is 0 Å². The highest BCUT2D eigenvalue weighted by atomic mass is 35.5. The average Bonchev–Trinajstić information content (AvgIpc) is 2.42. The van der Waals surface area contributed by atoms with E-state index in [1.54, 1.807) is 0 Å². The van der Waals surface area contributed by atoms with Crippen molar-refractivity contribution in [1.82, 2.24) is 0 Å². The van der Waals surface area contributed by atoms with Crippen LogP contribution in [0.25, 0.3) is 5.57 Å². The van der Waals surface area contributed by atoms with E-state index in [1.807, 2.05) is 12.1 Å². The molecule has 2 aromatic carbocycles. The molecule has 0 amide bonds. The summed E-state index contributed by atoms with van der Waals surface area (Å²) >= 11 is 5.78. The maximum Gasteiger partial charge on any atom is 0.0258 e. The molecule has 0 fully saturated rings. The Morgan fingerprint density at radius 1 is 0.824 bits per heavy atom. The van der Waals surface area contributed by atoms with Gasteiger partial charge >= 0.3 is 0 Å². The van der Waals surface area contributed by atoms with Crippen LogP contribution < -0.4 is 0 Å². The fourth-order valence-electron chi connectivity index (χ4n) is 1.84. The van der Waals surface area contributed by atoms with Gasteiger partial charge in [-0.2, -0.15) is 0 Å². The first kappa shape index (κ1) is 11.9. The Morgan fingerprint density at radius 3 is 1.71 bits per heavy atom. The lowest BCUT2D eigenvalue weighted by atomic mass is 9.97. The minimum absolute atomic E-state index is 0.656. The van der Waals surface area contributed by atoms with Crippen molar-refractivity contribution in [2.75, 3.05) is 5.88 Å². The van der Waals surface area contributed by atoms with Gasteiger partial charge in [0, 0.05) is 5.88 Å². The number of hydrogen-bond acceptors (Lipinski definition) is 0.